The van der Waals surface area contributed by atoms with Crippen LogP contribution in [0.25, 0.3) is 16.7 Å². The van der Waals surface area contributed by atoms with Gasteiger partial charge in [-0.15, -0.1) is 0 Å². The third-order valence-corrected chi connectivity index (χ3v) is 5.59. The van der Waals surface area contributed by atoms with Gasteiger partial charge in [-0.2, -0.15) is 9.97 Å². The van der Waals surface area contributed by atoms with E-state index >= 15 is 0 Å². The highest BCUT2D eigenvalue weighted by molar-refractivity contribution is 6.01. The van der Waals surface area contributed by atoms with Crippen LogP contribution in [0.1, 0.15) is 0 Å². The van der Waals surface area contributed by atoms with Crippen LogP contribution in [0.4, 0.5) is 27.4 Å². The average Bonchev–Trinajstić information content (AvgIpc) is 2.87. The van der Waals surface area contributed by atoms with Gasteiger partial charge in [0.05, 0.1) is 17.1 Å². The van der Waals surface area contributed by atoms with Crippen molar-refractivity contribution in [2.75, 3.05) is 49.8 Å². The van der Waals surface area contributed by atoms with E-state index in [1.807, 2.05) is 38.2 Å². The van der Waals surface area contributed by atoms with Crippen LogP contribution in [-0.2, 0) is 4.79 Å². The van der Waals surface area contributed by atoms with Crippen molar-refractivity contribution in [3.8, 4) is 5.69 Å². The van der Waals surface area contributed by atoms with Gasteiger partial charge in [0.15, 0.2) is 5.65 Å². The number of aromatic nitrogens is 4. The Labute approximate surface area is 213 Å². The van der Waals surface area contributed by atoms with Crippen LogP contribution in [0.15, 0.2) is 72.4 Å². The number of carbonyl (C=O) groups excluding carboxylic acids is 1. The Morgan fingerprint density at radius 1 is 1.14 bits per heavy atom. The van der Waals surface area contributed by atoms with Gasteiger partial charge in [0.25, 0.3) is 5.56 Å². The first-order chi connectivity index (χ1) is 17.7. The molecule has 4 aromatic rings. The molecule has 190 valence electrons. The smallest absolute Gasteiger partial charge is 0.283 e. The summed E-state index contributed by atoms with van der Waals surface area (Å²) < 4.78 is 15.4. The number of likely N-dealkylation sites (N-methyl/N-ethyl adjacent to an activating group) is 2. The summed E-state index contributed by atoms with van der Waals surface area (Å²) in [5.74, 6) is -0.563. The number of halogens is 1. The Balaban J connectivity index is 1.71. The van der Waals surface area contributed by atoms with Crippen LogP contribution in [0.5, 0.6) is 0 Å². The van der Waals surface area contributed by atoms with E-state index in [9.17, 15) is 14.0 Å². The second-order valence-corrected chi connectivity index (χ2v) is 8.61. The SMILES string of the molecule is C=CC(=O)Nc1cc(Nc2ncc3c(=O)ncn(-c4cccc(F)c4)c3n2)ccc1N(C)CCN(C)C. The van der Waals surface area contributed by atoms with Crippen molar-refractivity contribution in [3.05, 3.63) is 83.8 Å². The number of amides is 1. The number of hydrogen-bond donors (Lipinski definition) is 2. The van der Waals surface area contributed by atoms with Crippen LogP contribution in [-0.4, -0.2) is 64.6 Å². The molecule has 0 atom stereocenters. The second-order valence-electron chi connectivity index (χ2n) is 8.61. The Bertz CT molecular complexity index is 1520. The minimum atomic E-state index is -0.492. The fourth-order valence-corrected chi connectivity index (χ4v) is 3.65. The minimum Gasteiger partial charge on any atom is -0.372 e. The van der Waals surface area contributed by atoms with E-state index in [2.05, 4.69) is 37.1 Å². The molecule has 0 aliphatic carbocycles. The predicted molar refractivity (Wildman–Crippen MR) is 143 cm³/mol. The zero-order valence-corrected chi connectivity index (χ0v) is 20.8. The number of nitrogens with zero attached hydrogens (tertiary/aromatic N) is 6. The monoisotopic (exact) mass is 502 g/mol. The third-order valence-electron chi connectivity index (χ3n) is 5.59. The van der Waals surface area contributed by atoms with Gasteiger partial charge >= 0.3 is 0 Å². The number of fused-ring (bicyclic) bond motifs is 1. The van der Waals surface area contributed by atoms with Crippen LogP contribution in [0.2, 0.25) is 0 Å². The van der Waals surface area contributed by atoms with Gasteiger partial charge in [0, 0.05) is 32.0 Å². The van der Waals surface area contributed by atoms with Crippen molar-refractivity contribution in [2.45, 2.75) is 0 Å². The first-order valence-corrected chi connectivity index (χ1v) is 11.5. The Morgan fingerprint density at radius 2 is 1.95 bits per heavy atom. The standard InChI is InChI=1S/C26H27FN8O2/c1-5-23(36)31-21-14-18(9-10-22(21)34(4)12-11-33(2)3)30-26-28-15-20-24(32-26)35(16-29-25(20)37)19-8-6-7-17(27)13-19/h5-10,13-16H,1,11-12H2,2-4H3,(H,31,36)(H,28,30,32). The van der Waals surface area contributed by atoms with Crippen molar-refractivity contribution in [1.82, 2.24) is 24.4 Å². The number of nitrogens with one attached hydrogen (secondary N) is 2. The van der Waals surface area contributed by atoms with E-state index in [-0.39, 0.29) is 22.9 Å². The van der Waals surface area contributed by atoms with Crippen molar-refractivity contribution < 1.29 is 9.18 Å². The Hall–Kier alpha value is -4.64. The molecule has 11 heteroatoms. The number of carbonyl (C=O) groups is 1. The Morgan fingerprint density at radius 3 is 2.68 bits per heavy atom. The molecule has 0 saturated heterocycles. The molecule has 0 aliphatic rings. The van der Waals surface area contributed by atoms with Crippen molar-refractivity contribution in [1.29, 1.82) is 0 Å². The molecule has 1 amide bonds. The molecule has 0 radical (unpaired) electrons. The maximum Gasteiger partial charge on any atom is 0.283 e. The van der Waals surface area contributed by atoms with Crippen molar-refractivity contribution in [2.24, 2.45) is 0 Å². The number of rotatable bonds is 9. The summed E-state index contributed by atoms with van der Waals surface area (Å²) >= 11 is 0. The van der Waals surface area contributed by atoms with Gasteiger partial charge in [-0.1, -0.05) is 12.6 Å². The summed E-state index contributed by atoms with van der Waals surface area (Å²) in [5, 5.41) is 6.15. The number of anilines is 4. The van der Waals surface area contributed by atoms with E-state index in [0.29, 0.717) is 17.1 Å². The molecule has 37 heavy (non-hydrogen) atoms. The summed E-state index contributed by atoms with van der Waals surface area (Å²) in [6.07, 6.45) is 3.88. The molecule has 10 nitrogen and oxygen atoms in total. The van der Waals surface area contributed by atoms with Gasteiger partial charge in [-0.3, -0.25) is 14.2 Å². The Kier molecular flexibility index (Phi) is 7.54. The predicted octanol–water partition coefficient (Wildman–Crippen LogP) is 3.18. The molecular weight excluding hydrogens is 475 g/mol. The van der Waals surface area contributed by atoms with E-state index in [1.54, 1.807) is 18.2 Å². The molecule has 2 aromatic carbocycles. The zero-order chi connectivity index (χ0) is 26.5. The largest absolute Gasteiger partial charge is 0.372 e. The zero-order valence-electron chi connectivity index (χ0n) is 20.8. The molecule has 4 rings (SSSR count). The molecule has 0 spiro atoms. The second kappa shape index (κ2) is 11.0. The summed E-state index contributed by atoms with van der Waals surface area (Å²) in [7, 11) is 5.94. The van der Waals surface area contributed by atoms with Gasteiger partial charge in [0.1, 0.15) is 17.5 Å². The molecule has 0 aliphatic heterocycles. The minimum absolute atomic E-state index is 0.189. The van der Waals surface area contributed by atoms with Crippen molar-refractivity contribution in [3.63, 3.8) is 0 Å². The lowest BCUT2D eigenvalue weighted by Gasteiger charge is -2.24. The maximum absolute atomic E-state index is 13.8. The van der Waals surface area contributed by atoms with Gasteiger partial charge in [0.2, 0.25) is 11.9 Å². The summed E-state index contributed by atoms with van der Waals surface area (Å²) in [5.41, 5.74) is 2.25. The number of hydrogen-bond acceptors (Lipinski definition) is 8. The van der Waals surface area contributed by atoms with Crippen LogP contribution in [0.3, 0.4) is 0 Å². The summed E-state index contributed by atoms with van der Waals surface area (Å²) in [4.78, 5) is 41.2. The topological polar surface area (TPSA) is 108 Å². The molecule has 0 saturated carbocycles. The lowest BCUT2D eigenvalue weighted by atomic mass is 10.2. The highest BCUT2D eigenvalue weighted by Crippen LogP contribution is 2.30. The van der Waals surface area contributed by atoms with E-state index in [0.717, 1.165) is 18.8 Å². The molecule has 2 heterocycles. The number of benzene rings is 2. The fourth-order valence-electron chi connectivity index (χ4n) is 3.65. The quantitative estimate of drug-likeness (QED) is 0.336. The van der Waals surface area contributed by atoms with Gasteiger partial charge in [-0.25, -0.2) is 9.37 Å². The van der Waals surface area contributed by atoms with E-state index in [1.165, 1.54) is 35.3 Å². The van der Waals surface area contributed by atoms with Crippen molar-refractivity contribution >= 4 is 40.0 Å². The molecular formula is C26H27FN8O2. The fraction of sp³-hybridized carbons (Fsp3) is 0.192. The van der Waals surface area contributed by atoms with Gasteiger partial charge < -0.3 is 20.4 Å². The summed E-state index contributed by atoms with van der Waals surface area (Å²) in [6, 6.07) is 11.4. The molecule has 2 N–H and O–H groups in total. The molecule has 0 bridgehead atoms. The van der Waals surface area contributed by atoms with E-state index < -0.39 is 11.4 Å². The molecule has 0 fully saturated rings. The highest BCUT2D eigenvalue weighted by atomic mass is 19.1. The highest BCUT2D eigenvalue weighted by Gasteiger charge is 2.14. The normalized spacial score (nSPS) is 10.9. The average molecular weight is 503 g/mol. The van der Waals surface area contributed by atoms with E-state index in [4.69, 9.17) is 0 Å². The first kappa shape index (κ1) is 25.5. The third kappa shape index (κ3) is 5.96. The maximum atomic E-state index is 13.8. The molecule has 2 aromatic heterocycles. The lowest BCUT2D eigenvalue weighted by Crippen LogP contribution is -2.29. The van der Waals surface area contributed by atoms with Gasteiger partial charge in [-0.05, 0) is 56.6 Å². The lowest BCUT2D eigenvalue weighted by molar-refractivity contribution is -0.111. The van der Waals surface area contributed by atoms with Crippen LogP contribution < -0.4 is 21.1 Å². The first-order valence-electron chi connectivity index (χ1n) is 11.5. The molecule has 0 unspecified atom stereocenters. The van der Waals surface area contributed by atoms with Crippen LogP contribution >= 0.6 is 0 Å². The summed E-state index contributed by atoms with van der Waals surface area (Å²) in [6.45, 7) is 5.11. The van der Waals surface area contributed by atoms with Crippen LogP contribution in [0, 0.1) is 5.82 Å².